The van der Waals surface area contributed by atoms with Crippen molar-refractivity contribution >= 4 is 17.7 Å². The zero-order valence-corrected chi connectivity index (χ0v) is 13.1. The number of anilines is 1. The lowest BCUT2D eigenvalue weighted by atomic mass is 10.0. The van der Waals surface area contributed by atoms with E-state index in [0.29, 0.717) is 11.3 Å². The SMILES string of the molecule is COC(=O)C(NC(=O)OC(C)(C)C)C(O)c1ccc(N)cc1. The van der Waals surface area contributed by atoms with Gasteiger partial charge in [-0.05, 0) is 38.5 Å². The van der Waals surface area contributed by atoms with Crippen molar-refractivity contribution in [3.05, 3.63) is 29.8 Å². The van der Waals surface area contributed by atoms with Gasteiger partial charge in [0.05, 0.1) is 7.11 Å². The quantitative estimate of drug-likeness (QED) is 0.572. The Morgan fingerprint density at radius 2 is 1.77 bits per heavy atom. The van der Waals surface area contributed by atoms with E-state index in [1.807, 2.05) is 0 Å². The summed E-state index contributed by atoms with van der Waals surface area (Å²) in [6.45, 7) is 5.07. The fourth-order valence-electron chi connectivity index (χ4n) is 1.71. The zero-order chi connectivity index (χ0) is 16.9. The van der Waals surface area contributed by atoms with Crippen LogP contribution in [0, 0.1) is 0 Å². The Kier molecular flexibility index (Phi) is 5.76. The molecule has 0 aliphatic rings. The fraction of sp³-hybridized carbons (Fsp3) is 0.467. The number of hydrogen-bond donors (Lipinski definition) is 3. The monoisotopic (exact) mass is 310 g/mol. The zero-order valence-electron chi connectivity index (χ0n) is 13.1. The first-order valence-electron chi connectivity index (χ1n) is 6.75. The Labute approximate surface area is 129 Å². The average Bonchev–Trinajstić information content (AvgIpc) is 2.42. The smallest absolute Gasteiger partial charge is 0.408 e. The molecule has 0 aliphatic carbocycles. The van der Waals surface area contributed by atoms with Gasteiger partial charge in [0.2, 0.25) is 0 Å². The first-order chi connectivity index (χ1) is 10.1. The van der Waals surface area contributed by atoms with E-state index >= 15 is 0 Å². The molecule has 122 valence electrons. The predicted octanol–water partition coefficient (Wildman–Crippen LogP) is 1.37. The Morgan fingerprint density at radius 3 is 2.23 bits per heavy atom. The summed E-state index contributed by atoms with van der Waals surface area (Å²) in [7, 11) is 1.17. The van der Waals surface area contributed by atoms with E-state index < -0.39 is 29.8 Å². The molecule has 22 heavy (non-hydrogen) atoms. The van der Waals surface area contributed by atoms with Crippen LogP contribution >= 0.6 is 0 Å². The van der Waals surface area contributed by atoms with Crippen molar-refractivity contribution in [2.45, 2.75) is 38.5 Å². The minimum atomic E-state index is -1.29. The van der Waals surface area contributed by atoms with Gasteiger partial charge in [0.1, 0.15) is 11.7 Å². The molecule has 0 saturated heterocycles. The second-order valence-corrected chi connectivity index (χ2v) is 5.76. The molecule has 1 aromatic rings. The topological polar surface area (TPSA) is 111 Å². The second kappa shape index (κ2) is 7.13. The summed E-state index contributed by atoms with van der Waals surface area (Å²) < 4.78 is 9.69. The van der Waals surface area contributed by atoms with E-state index in [-0.39, 0.29) is 0 Å². The molecule has 1 rings (SSSR count). The Bertz CT molecular complexity index is 522. The maximum Gasteiger partial charge on any atom is 0.408 e. The molecule has 1 aromatic carbocycles. The van der Waals surface area contributed by atoms with Gasteiger partial charge in [0, 0.05) is 5.69 Å². The number of carbonyl (C=O) groups is 2. The van der Waals surface area contributed by atoms with E-state index in [0.717, 1.165) is 0 Å². The van der Waals surface area contributed by atoms with E-state index in [4.69, 9.17) is 10.5 Å². The van der Waals surface area contributed by atoms with Gasteiger partial charge < -0.3 is 25.6 Å². The Hall–Kier alpha value is -2.28. The number of methoxy groups -OCH3 is 1. The summed E-state index contributed by atoms with van der Waals surface area (Å²) >= 11 is 0. The van der Waals surface area contributed by atoms with Crippen molar-refractivity contribution in [2.24, 2.45) is 0 Å². The molecule has 0 fully saturated rings. The van der Waals surface area contributed by atoms with Gasteiger partial charge in [-0.1, -0.05) is 12.1 Å². The van der Waals surface area contributed by atoms with Gasteiger partial charge in [-0.15, -0.1) is 0 Å². The van der Waals surface area contributed by atoms with Gasteiger partial charge >= 0.3 is 12.1 Å². The number of nitrogen functional groups attached to an aromatic ring is 1. The van der Waals surface area contributed by atoms with Gasteiger partial charge in [0.25, 0.3) is 0 Å². The van der Waals surface area contributed by atoms with Crippen LogP contribution in [0.3, 0.4) is 0 Å². The third-order valence-corrected chi connectivity index (χ3v) is 2.72. The van der Waals surface area contributed by atoms with Crippen LogP contribution in [0.5, 0.6) is 0 Å². The highest BCUT2D eigenvalue weighted by Crippen LogP contribution is 2.20. The van der Waals surface area contributed by atoms with Crippen LogP contribution in [0.4, 0.5) is 10.5 Å². The van der Waals surface area contributed by atoms with E-state index in [1.165, 1.54) is 7.11 Å². The van der Waals surface area contributed by atoms with Crippen LogP contribution < -0.4 is 11.1 Å². The summed E-state index contributed by atoms with van der Waals surface area (Å²) in [5.74, 6) is -0.782. The lowest BCUT2D eigenvalue weighted by Crippen LogP contribution is -2.47. The van der Waals surface area contributed by atoms with Gasteiger partial charge in [0.15, 0.2) is 6.04 Å². The molecular formula is C15H22N2O5. The number of alkyl carbamates (subject to hydrolysis) is 1. The Balaban J connectivity index is 2.90. The molecule has 2 unspecified atom stereocenters. The molecule has 7 heteroatoms. The minimum Gasteiger partial charge on any atom is -0.467 e. The third kappa shape index (κ3) is 5.25. The number of aliphatic hydroxyl groups is 1. The van der Waals surface area contributed by atoms with Crippen LogP contribution in [0.2, 0.25) is 0 Å². The van der Waals surface area contributed by atoms with E-state index in [9.17, 15) is 14.7 Å². The van der Waals surface area contributed by atoms with Crippen LogP contribution in [-0.2, 0) is 14.3 Å². The number of nitrogens with two attached hydrogens (primary N) is 1. The molecule has 0 heterocycles. The number of aliphatic hydroxyl groups excluding tert-OH is 1. The van der Waals surface area contributed by atoms with E-state index in [2.05, 4.69) is 10.1 Å². The maximum atomic E-state index is 11.8. The first kappa shape index (κ1) is 17.8. The minimum absolute atomic E-state index is 0.417. The van der Waals surface area contributed by atoms with Crippen LogP contribution in [0.25, 0.3) is 0 Å². The summed E-state index contributed by atoms with van der Waals surface area (Å²) in [5, 5.41) is 12.6. The number of carbonyl (C=O) groups excluding carboxylic acids is 2. The van der Waals surface area contributed by atoms with Crippen molar-refractivity contribution in [1.82, 2.24) is 5.32 Å². The molecule has 0 saturated carbocycles. The summed E-state index contributed by atoms with van der Waals surface area (Å²) in [5.41, 5.74) is 5.79. The highest BCUT2D eigenvalue weighted by molar-refractivity contribution is 5.82. The number of hydrogen-bond acceptors (Lipinski definition) is 6. The van der Waals surface area contributed by atoms with Gasteiger partial charge in [-0.2, -0.15) is 0 Å². The highest BCUT2D eigenvalue weighted by atomic mass is 16.6. The fourth-order valence-corrected chi connectivity index (χ4v) is 1.71. The molecular weight excluding hydrogens is 288 g/mol. The summed E-state index contributed by atoms with van der Waals surface area (Å²) in [4.78, 5) is 23.6. The molecule has 2 atom stereocenters. The molecule has 0 spiro atoms. The van der Waals surface area contributed by atoms with Gasteiger partial charge in [-0.25, -0.2) is 9.59 Å². The number of esters is 1. The highest BCUT2D eigenvalue weighted by Gasteiger charge is 2.32. The second-order valence-electron chi connectivity index (χ2n) is 5.76. The largest absolute Gasteiger partial charge is 0.467 e. The van der Waals surface area contributed by atoms with Gasteiger partial charge in [-0.3, -0.25) is 0 Å². The molecule has 0 bridgehead atoms. The predicted molar refractivity (Wildman–Crippen MR) is 81.0 cm³/mol. The number of ether oxygens (including phenoxy) is 2. The molecule has 1 amide bonds. The number of nitrogens with one attached hydrogen (secondary N) is 1. The van der Waals surface area contributed by atoms with Crippen LogP contribution in [-0.4, -0.2) is 35.9 Å². The normalized spacial score (nSPS) is 13.9. The van der Waals surface area contributed by atoms with Crippen molar-refractivity contribution < 1.29 is 24.2 Å². The number of benzene rings is 1. The number of rotatable bonds is 4. The van der Waals surface area contributed by atoms with Crippen molar-refractivity contribution in [3.63, 3.8) is 0 Å². The third-order valence-electron chi connectivity index (χ3n) is 2.72. The van der Waals surface area contributed by atoms with E-state index in [1.54, 1.807) is 45.0 Å². The molecule has 0 aliphatic heterocycles. The maximum absolute atomic E-state index is 11.8. The van der Waals surface area contributed by atoms with Crippen molar-refractivity contribution in [2.75, 3.05) is 12.8 Å². The number of amides is 1. The average molecular weight is 310 g/mol. The van der Waals surface area contributed by atoms with Crippen LogP contribution in [0.15, 0.2) is 24.3 Å². The standard InChI is InChI=1S/C15H22N2O5/c1-15(2,3)22-14(20)17-11(13(19)21-4)12(18)9-5-7-10(16)8-6-9/h5-8,11-12,18H,16H2,1-4H3,(H,17,20). The summed E-state index contributed by atoms with van der Waals surface area (Å²) in [6.07, 6.45) is -2.11. The van der Waals surface area contributed by atoms with Crippen molar-refractivity contribution in [3.8, 4) is 0 Å². The lowest BCUT2D eigenvalue weighted by molar-refractivity contribution is -0.146. The first-order valence-corrected chi connectivity index (χ1v) is 6.75. The van der Waals surface area contributed by atoms with Crippen LogP contribution in [0.1, 0.15) is 32.4 Å². The molecule has 0 radical (unpaired) electrons. The lowest BCUT2D eigenvalue weighted by Gasteiger charge is -2.25. The Morgan fingerprint density at radius 1 is 1.23 bits per heavy atom. The summed E-state index contributed by atoms with van der Waals surface area (Å²) in [6, 6.07) is 5.00. The molecule has 0 aromatic heterocycles. The molecule has 7 nitrogen and oxygen atoms in total. The van der Waals surface area contributed by atoms with Crippen molar-refractivity contribution in [1.29, 1.82) is 0 Å². The molecule has 4 N–H and O–H groups in total.